The highest BCUT2D eigenvalue weighted by Gasteiger charge is 2.24. The first-order chi connectivity index (χ1) is 18.9. The van der Waals surface area contributed by atoms with Crippen LogP contribution in [0.25, 0.3) is 5.70 Å². The van der Waals surface area contributed by atoms with Gasteiger partial charge in [0.2, 0.25) is 5.56 Å². The minimum absolute atomic E-state index is 0.0661. The zero-order valence-corrected chi connectivity index (χ0v) is 22.5. The maximum atomic E-state index is 13.1. The minimum atomic E-state index is -0.158. The number of nitrogens with one attached hydrogen (secondary N) is 2. The Labute approximate surface area is 230 Å². The second-order valence-electron chi connectivity index (χ2n) is 9.77. The average Bonchev–Trinajstić information content (AvgIpc) is 2.94. The molecule has 0 atom stereocenters. The fourth-order valence-electron chi connectivity index (χ4n) is 4.90. The number of amides is 1. The molecule has 0 spiro atoms. The summed E-state index contributed by atoms with van der Waals surface area (Å²) in [4.78, 5) is 31.5. The number of anilines is 1. The number of hydrogen-bond acceptors (Lipinski definition) is 4. The van der Waals surface area contributed by atoms with Gasteiger partial charge in [0.1, 0.15) is 0 Å². The summed E-state index contributed by atoms with van der Waals surface area (Å²) in [6.45, 7) is 15.6. The number of benzene rings is 1. The van der Waals surface area contributed by atoms with Crippen LogP contribution in [0.1, 0.15) is 42.1 Å². The fourth-order valence-corrected chi connectivity index (χ4v) is 4.90. The molecule has 2 aliphatic rings. The van der Waals surface area contributed by atoms with Gasteiger partial charge in [-0.1, -0.05) is 49.6 Å². The molecular formula is C33H36N4O2. The lowest BCUT2D eigenvalue weighted by molar-refractivity contribution is 0.0691. The number of allylic oxidation sites excluding steroid dienone is 7. The number of hydrogen-bond donors (Lipinski definition) is 2. The first-order valence-electron chi connectivity index (χ1n) is 13.2. The van der Waals surface area contributed by atoms with E-state index in [-0.39, 0.29) is 11.5 Å². The third-order valence-electron chi connectivity index (χ3n) is 6.97. The van der Waals surface area contributed by atoms with E-state index in [1.165, 1.54) is 0 Å². The predicted octanol–water partition coefficient (Wildman–Crippen LogP) is 6.62. The lowest BCUT2D eigenvalue weighted by atomic mass is 9.90. The summed E-state index contributed by atoms with van der Waals surface area (Å²) >= 11 is 0. The number of nitrogens with zero attached hydrogens (tertiary/aromatic N) is 2. The molecule has 6 nitrogen and oxygen atoms in total. The molecule has 2 N–H and O–H groups in total. The molecule has 2 aliphatic heterocycles. The maximum Gasteiger partial charge on any atom is 0.253 e. The summed E-state index contributed by atoms with van der Waals surface area (Å²) in [6.07, 6.45) is 18.0. The molecule has 0 bridgehead atoms. The monoisotopic (exact) mass is 520 g/mol. The molecule has 1 aromatic carbocycles. The smallest absolute Gasteiger partial charge is 0.253 e. The molecule has 0 aliphatic carbocycles. The number of aromatic amines is 1. The van der Waals surface area contributed by atoms with Gasteiger partial charge in [-0.3, -0.25) is 9.59 Å². The Morgan fingerprint density at radius 2 is 1.90 bits per heavy atom. The molecule has 1 saturated heterocycles. The highest BCUT2D eigenvalue weighted by Crippen LogP contribution is 2.31. The Balaban J connectivity index is 1.39. The first kappa shape index (κ1) is 27.5. The van der Waals surface area contributed by atoms with Crippen molar-refractivity contribution in [2.45, 2.75) is 26.2 Å². The zero-order valence-electron chi connectivity index (χ0n) is 22.5. The van der Waals surface area contributed by atoms with Gasteiger partial charge in [0.15, 0.2) is 0 Å². The molecular weight excluding hydrogens is 484 g/mol. The largest absolute Gasteiger partial charge is 0.354 e. The van der Waals surface area contributed by atoms with E-state index in [1.54, 1.807) is 18.3 Å². The van der Waals surface area contributed by atoms with Gasteiger partial charge in [0.05, 0.1) is 17.1 Å². The van der Waals surface area contributed by atoms with Gasteiger partial charge in [-0.2, -0.15) is 0 Å². The van der Waals surface area contributed by atoms with Crippen molar-refractivity contribution in [3.8, 4) is 0 Å². The number of likely N-dealkylation sites (tertiary alicyclic amines) is 1. The lowest BCUT2D eigenvalue weighted by Gasteiger charge is -2.32. The van der Waals surface area contributed by atoms with Crippen LogP contribution in [0, 0.1) is 5.92 Å². The van der Waals surface area contributed by atoms with Gasteiger partial charge in [0.25, 0.3) is 5.91 Å². The minimum Gasteiger partial charge on any atom is -0.354 e. The quantitative estimate of drug-likeness (QED) is 0.365. The number of carbonyl (C=O) groups excluding carboxylic acids is 1. The molecule has 200 valence electrons. The highest BCUT2D eigenvalue weighted by molar-refractivity contribution is 5.94. The third kappa shape index (κ3) is 6.85. The van der Waals surface area contributed by atoms with Crippen molar-refractivity contribution in [2.24, 2.45) is 5.92 Å². The van der Waals surface area contributed by atoms with E-state index < -0.39 is 0 Å². The Kier molecular flexibility index (Phi) is 9.00. The number of rotatable bonds is 9. The van der Waals surface area contributed by atoms with Crippen LogP contribution in [0.4, 0.5) is 5.69 Å². The molecule has 1 amide bonds. The number of piperidine rings is 1. The van der Waals surface area contributed by atoms with Crippen LogP contribution < -0.4 is 10.9 Å². The summed E-state index contributed by atoms with van der Waals surface area (Å²) in [5.74, 6) is 0.620. The predicted molar refractivity (Wildman–Crippen MR) is 161 cm³/mol. The van der Waals surface area contributed by atoms with Gasteiger partial charge in [-0.15, -0.1) is 0 Å². The van der Waals surface area contributed by atoms with Crippen molar-refractivity contribution in [3.05, 3.63) is 143 Å². The molecule has 1 fully saturated rings. The fraction of sp³-hybridized carbons (Fsp3) is 0.212. The second-order valence-corrected chi connectivity index (χ2v) is 9.77. The van der Waals surface area contributed by atoms with Crippen LogP contribution in [0.2, 0.25) is 0 Å². The van der Waals surface area contributed by atoms with Crippen LogP contribution in [-0.2, 0) is 0 Å². The molecule has 0 saturated carbocycles. The SMILES string of the molecule is C=C/C=C\C(=C)CC1CCN(C(=O)c2ccc(NC3=CC=C(c4cc[nH]c(=O)c4)N(/C=C\C)C3=C)cc2)CC1. The summed E-state index contributed by atoms with van der Waals surface area (Å²) in [5, 5.41) is 3.42. The van der Waals surface area contributed by atoms with Crippen LogP contribution in [0.15, 0.2) is 127 Å². The Hall–Kier alpha value is -4.58. The van der Waals surface area contributed by atoms with Crippen LogP contribution in [0.5, 0.6) is 0 Å². The molecule has 4 rings (SSSR count). The summed E-state index contributed by atoms with van der Waals surface area (Å²) in [6, 6.07) is 11.0. The molecule has 2 aromatic rings. The van der Waals surface area contributed by atoms with Gasteiger partial charge in [-0.25, -0.2) is 0 Å². The zero-order chi connectivity index (χ0) is 27.8. The summed E-state index contributed by atoms with van der Waals surface area (Å²) < 4.78 is 0. The third-order valence-corrected chi connectivity index (χ3v) is 6.97. The van der Waals surface area contributed by atoms with Crippen LogP contribution in [-0.4, -0.2) is 33.8 Å². The van der Waals surface area contributed by atoms with E-state index in [0.717, 1.165) is 66.3 Å². The molecule has 6 heteroatoms. The topological polar surface area (TPSA) is 68.4 Å². The maximum absolute atomic E-state index is 13.1. The van der Waals surface area contributed by atoms with Crippen molar-refractivity contribution in [2.75, 3.05) is 18.4 Å². The van der Waals surface area contributed by atoms with Gasteiger partial charge >= 0.3 is 0 Å². The standard InChI is InChI=1S/C33H36N4O2/c1-5-7-8-24(3)22-26-16-20-36(21-17-26)33(39)27-9-11-29(12-10-27)35-30-13-14-31(37(19-6-2)25(30)4)28-15-18-34-32(38)23-28/h5-15,18-19,23,26,35H,1,3-4,16-17,20-22H2,2H3,(H,34,38)/b8-7-,19-6-. The van der Waals surface area contributed by atoms with Crippen molar-refractivity contribution >= 4 is 17.3 Å². The van der Waals surface area contributed by atoms with Crippen molar-refractivity contribution in [1.29, 1.82) is 0 Å². The Morgan fingerprint density at radius 3 is 2.56 bits per heavy atom. The summed E-state index contributed by atoms with van der Waals surface area (Å²) in [5.41, 5.74) is 5.72. The van der Waals surface area contributed by atoms with Gasteiger partial charge < -0.3 is 20.1 Å². The van der Waals surface area contributed by atoms with Gasteiger partial charge in [0, 0.05) is 48.4 Å². The lowest BCUT2D eigenvalue weighted by Crippen LogP contribution is -2.38. The van der Waals surface area contributed by atoms with Crippen LogP contribution in [0.3, 0.4) is 0 Å². The molecule has 3 heterocycles. The van der Waals surface area contributed by atoms with E-state index in [1.807, 2.05) is 83.6 Å². The van der Waals surface area contributed by atoms with Crippen molar-refractivity contribution < 1.29 is 4.79 Å². The van der Waals surface area contributed by atoms with Crippen LogP contribution >= 0.6 is 0 Å². The molecule has 1 aromatic heterocycles. The highest BCUT2D eigenvalue weighted by atomic mass is 16.2. The first-order valence-corrected chi connectivity index (χ1v) is 13.2. The molecule has 39 heavy (non-hydrogen) atoms. The number of carbonyl (C=O) groups is 1. The number of pyridine rings is 1. The Morgan fingerprint density at radius 1 is 1.15 bits per heavy atom. The Bertz CT molecular complexity index is 1410. The van der Waals surface area contributed by atoms with E-state index in [9.17, 15) is 9.59 Å². The molecule has 0 unspecified atom stereocenters. The molecule has 0 radical (unpaired) electrons. The van der Waals surface area contributed by atoms with E-state index in [2.05, 4.69) is 30.0 Å². The van der Waals surface area contributed by atoms with Crippen molar-refractivity contribution in [3.63, 3.8) is 0 Å². The number of aromatic nitrogens is 1. The van der Waals surface area contributed by atoms with E-state index in [4.69, 9.17) is 0 Å². The van der Waals surface area contributed by atoms with E-state index >= 15 is 0 Å². The number of H-pyrrole nitrogens is 1. The van der Waals surface area contributed by atoms with Gasteiger partial charge in [-0.05, 0) is 74.6 Å². The summed E-state index contributed by atoms with van der Waals surface area (Å²) in [7, 11) is 0. The second kappa shape index (κ2) is 12.8. The normalized spacial score (nSPS) is 16.4. The van der Waals surface area contributed by atoms with Crippen molar-refractivity contribution in [1.82, 2.24) is 14.8 Å². The van der Waals surface area contributed by atoms with E-state index in [0.29, 0.717) is 11.5 Å². The average molecular weight is 521 g/mol.